The molecule has 2 aromatic carbocycles. The average molecular weight is 393 g/mol. The third-order valence-electron chi connectivity index (χ3n) is 4.37. The van der Waals surface area contributed by atoms with E-state index in [1.54, 1.807) is 13.3 Å². The van der Waals surface area contributed by atoms with Crippen molar-refractivity contribution in [2.75, 3.05) is 26.7 Å². The first-order valence-electron chi connectivity index (χ1n) is 9.88. The summed E-state index contributed by atoms with van der Waals surface area (Å²) in [6, 6.07) is 18.0. The highest BCUT2D eigenvalue weighted by atomic mass is 16.5. The molecule has 0 aliphatic heterocycles. The van der Waals surface area contributed by atoms with Gasteiger partial charge in [0.2, 0.25) is 5.89 Å². The SMILES string of the molecule is CN=C(NCCCOc1ccccc1)NCCc1coc(-c2ccc(C)cc2)n1. The van der Waals surface area contributed by atoms with Gasteiger partial charge in [0.05, 0.1) is 12.3 Å². The summed E-state index contributed by atoms with van der Waals surface area (Å²) in [5.41, 5.74) is 3.13. The van der Waals surface area contributed by atoms with Crippen LogP contribution >= 0.6 is 0 Å². The van der Waals surface area contributed by atoms with Crippen LogP contribution in [0.4, 0.5) is 0 Å². The Morgan fingerprint density at radius 1 is 1.03 bits per heavy atom. The number of guanidine groups is 1. The number of hydrogen-bond donors (Lipinski definition) is 2. The normalized spacial score (nSPS) is 11.3. The number of rotatable bonds is 9. The summed E-state index contributed by atoms with van der Waals surface area (Å²) in [4.78, 5) is 8.81. The standard InChI is InChI=1S/C23H28N4O2/c1-18-9-11-19(12-10-18)22-27-20(17-29-22)13-15-26-23(24-2)25-14-6-16-28-21-7-4-3-5-8-21/h3-5,7-12,17H,6,13-16H2,1-2H3,(H2,24,25,26). The molecule has 0 bridgehead atoms. The zero-order valence-corrected chi connectivity index (χ0v) is 17.0. The van der Waals surface area contributed by atoms with E-state index >= 15 is 0 Å². The molecule has 0 spiro atoms. The van der Waals surface area contributed by atoms with Crippen LogP contribution in [0.2, 0.25) is 0 Å². The fourth-order valence-corrected chi connectivity index (χ4v) is 2.77. The molecule has 0 fully saturated rings. The summed E-state index contributed by atoms with van der Waals surface area (Å²) in [5.74, 6) is 2.32. The second kappa shape index (κ2) is 10.9. The second-order valence-corrected chi connectivity index (χ2v) is 6.70. The minimum absolute atomic E-state index is 0.654. The van der Waals surface area contributed by atoms with Crippen molar-refractivity contribution in [3.63, 3.8) is 0 Å². The highest BCUT2D eigenvalue weighted by Crippen LogP contribution is 2.19. The van der Waals surface area contributed by atoms with Gasteiger partial charge in [-0.2, -0.15) is 0 Å². The number of nitrogens with zero attached hydrogens (tertiary/aromatic N) is 2. The molecule has 3 rings (SSSR count). The van der Waals surface area contributed by atoms with Crippen molar-refractivity contribution in [1.29, 1.82) is 0 Å². The predicted molar refractivity (Wildman–Crippen MR) is 116 cm³/mol. The quantitative estimate of drug-likeness (QED) is 0.329. The van der Waals surface area contributed by atoms with E-state index in [9.17, 15) is 0 Å². The molecule has 0 saturated heterocycles. The minimum Gasteiger partial charge on any atom is -0.494 e. The number of oxazole rings is 1. The van der Waals surface area contributed by atoms with Crippen molar-refractivity contribution in [1.82, 2.24) is 15.6 Å². The summed E-state index contributed by atoms with van der Waals surface area (Å²) >= 11 is 0. The topological polar surface area (TPSA) is 71.7 Å². The van der Waals surface area contributed by atoms with Gasteiger partial charge in [-0.3, -0.25) is 4.99 Å². The van der Waals surface area contributed by atoms with E-state index in [-0.39, 0.29) is 0 Å². The van der Waals surface area contributed by atoms with Crippen molar-refractivity contribution >= 4 is 5.96 Å². The molecule has 0 unspecified atom stereocenters. The monoisotopic (exact) mass is 392 g/mol. The highest BCUT2D eigenvalue weighted by molar-refractivity contribution is 5.79. The maximum Gasteiger partial charge on any atom is 0.226 e. The third kappa shape index (κ3) is 6.68. The van der Waals surface area contributed by atoms with Gasteiger partial charge in [-0.15, -0.1) is 0 Å². The number of ether oxygens (including phenoxy) is 1. The van der Waals surface area contributed by atoms with E-state index in [4.69, 9.17) is 9.15 Å². The van der Waals surface area contributed by atoms with Crippen molar-refractivity contribution in [3.8, 4) is 17.2 Å². The molecule has 1 heterocycles. The molecule has 0 saturated carbocycles. The molecule has 0 radical (unpaired) electrons. The highest BCUT2D eigenvalue weighted by Gasteiger charge is 2.07. The number of para-hydroxylation sites is 1. The Hall–Kier alpha value is -3.28. The molecular weight excluding hydrogens is 364 g/mol. The summed E-state index contributed by atoms with van der Waals surface area (Å²) in [6.07, 6.45) is 3.36. The van der Waals surface area contributed by atoms with E-state index in [0.717, 1.165) is 48.9 Å². The van der Waals surface area contributed by atoms with Crippen molar-refractivity contribution < 1.29 is 9.15 Å². The van der Waals surface area contributed by atoms with Gasteiger partial charge >= 0.3 is 0 Å². The molecule has 0 amide bonds. The Bertz CT molecular complexity index is 889. The lowest BCUT2D eigenvalue weighted by molar-refractivity contribution is 0.311. The van der Waals surface area contributed by atoms with Gasteiger partial charge in [0, 0.05) is 32.1 Å². The number of aryl methyl sites for hydroxylation is 1. The van der Waals surface area contributed by atoms with Gasteiger partial charge in [0.15, 0.2) is 5.96 Å². The first kappa shape index (κ1) is 20.5. The predicted octanol–water partition coefficient (Wildman–Crippen LogP) is 3.83. The average Bonchev–Trinajstić information content (AvgIpc) is 3.22. The fourth-order valence-electron chi connectivity index (χ4n) is 2.77. The molecule has 6 nitrogen and oxygen atoms in total. The second-order valence-electron chi connectivity index (χ2n) is 6.70. The number of hydrogen-bond acceptors (Lipinski definition) is 4. The van der Waals surface area contributed by atoms with E-state index in [0.29, 0.717) is 12.5 Å². The van der Waals surface area contributed by atoms with Gasteiger partial charge in [0.25, 0.3) is 0 Å². The van der Waals surface area contributed by atoms with E-state index in [2.05, 4.69) is 39.7 Å². The van der Waals surface area contributed by atoms with Crippen LogP contribution in [0.5, 0.6) is 5.75 Å². The van der Waals surface area contributed by atoms with Crippen LogP contribution in [0, 0.1) is 6.92 Å². The third-order valence-corrected chi connectivity index (χ3v) is 4.37. The Kier molecular flexibility index (Phi) is 7.69. The number of aliphatic imine (C=N–C) groups is 1. The summed E-state index contributed by atoms with van der Waals surface area (Å²) in [6.45, 7) is 4.23. The maximum atomic E-state index is 5.69. The van der Waals surface area contributed by atoms with Crippen molar-refractivity contribution in [2.24, 2.45) is 4.99 Å². The van der Waals surface area contributed by atoms with E-state index in [1.807, 2.05) is 42.5 Å². The van der Waals surface area contributed by atoms with E-state index < -0.39 is 0 Å². The molecule has 0 aliphatic rings. The van der Waals surface area contributed by atoms with Crippen LogP contribution in [0.25, 0.3) is 11.5 Å². The Balaban J connectivity index is 1.34. The van der Waals surface area contributed by atoms with Crippen LogP contribution in [0.1, 0.15) is 17.7 Å². The Morgan fingerprint density at radius 3 is 2.55 bits per heavy atom. The zero-order chi connectivity index (χ0) is 20.3. The minimum atomic E-state index is 0.654. The molecule has 0 atom stereocenters. The molecular formula is C23H28N4O2. The Morgan fingerprint density at radius 2 is 1.79 bits per heavy atom. The molecule has 0 aliphatic carbocycles. The lowest BCUT2D eigenvalue weighted by Gasteiger charge is -2.11. The number of nitrogens with one attached hydrogen (secondary N) is 2. The maximum absolute atomic E-state index is 5.69. The summed E-state index contributed by atoms with van der Waals surface area (Å²) in [7, 11) is 1.77. The molecule has 3 aromatic rings. The largest absolute Gasteiger partial charge is 0.494 e. The van der Waals surface area contributed by atoms with Crippen molar-refractivity contribution in [3.05, 3.63) is 72.1 Å². The van der Waals surface area contributed by atoms with Crippen LogP contribution in [0.15, 0.2) is 70.3 Å². The number of aromatic nitrogens is 1. The van der Waals surface area contributed by atoms with Crippen molar-refractivity contribution in [2.45, 2.75) is 19.8 Å². The first-order chi connectivity index (χ1) is 14.2. The molecule has 152 valence electrons. The Labute approximate surface area is 172 Å². The van der Waals surface area contributed by atoms with Gasteiger partial charge < -0.3 is 19.8 Å². The molecule has 1 aromatic heterocycles. The van der Waals surface area contributed by atoms with Crippen LogP contribution in [-0.2, 0) is 6.42 Å². The van der Waals surface area contributed by atoms with E-state index in [1.165, 1.54) is 5.56 Å². The van der Waals surface area contributed by atoms with Gasteiger partial charge in [-0.05, 0) is 37.6 Å². The number of benzene rings is 2. The summed E-state index contributed by atoms with van der Waals surface area (Å²) in [5, 5.41) is 6.59. The fraction of sp³-hybridized carbons (Fsp3) is 0.304. The lowest BCUT2D eigenvalue weighted by Crippen LogP contribution is -2.39. The first-order valence-corrected chi connectivity index (χ1v) is 9.88. The van der Waals surface area contributed by atoms with Crippen LogP contribution in [0.3, 0.4) is 0 Å². The van der Waals surface area contributed by atoms with Gasteiger partial charge in [0.1, 0.15) is 12.0 Å². The molecule has 2 N–H and O–H groups in total. The van der Waals surface area contributed by atoms with Crippen LogP contribution < -0.4 is 15.4 Å². The lowest BCUT2D eigenvalue weighted by atomic mass is 10.1. The van der Waals surface area contributed by atoms with Gasteiger partial charge in [-0.25, -0.2) is 4.98 Å². The van der Waals surface area contributed by atoms with Crippen LogP contribution in [-0.4, -0.2) is 37.7 Å². The van der Waals surface area contributed by atoms with Gasteiger partial charge in [-0.1, -0.05) is 35.9 Å². The smallest absolute Gasteiger partial charge is 0.226 e. The summed E-state index contributed by atoms with van der Waals surface area (Å²) < 4.78 is 11.3. The zero-order valence-electron chi connectivity index (χ0n) is 17.0. The molecule has 29 heavy (non-hydrogen) atoms. The molecule has 6 heteroatoms.